The van der Waals surface area contributed by atoms with Gasteiger partial charge in [0.15, 0.2) is 0 Å². The zero-order valence-corrected chi connectivity index (χ0v) is 10.5. The molecule has 1 saturated heterocycles. The van der Waals surface area contributed by atoms with Gasteiger partial charge in [0.1, 0.15) is 11.4 Å². The van der Waals surface area contributed by atoms with Gasteiger partial charge in [0.25, 0.3) is 0 Å². The van der Waals surface area contributed by atoms with Gasteiger partial charge in [-0.2, -0.15) is 4.98 Å². The Morgan fingerprint density at radius 3 is 3.00 bits per heavy atom. The third-order valence-electron chi connectivity index (χ3n) is 3.34. The highest BCUT2D eigenvalue weighted by atomic mass is 19.1. The standard InChI is InChI=1S/C13H14FN3O2/c1-8-2-3-9(14)6-10(8)11-16-12(19-17-11)13(15)4-5-18-7-13/h2-3,6H,4-5,7,15H2,1H3. The quantitative estimate of drug-likeness (QED) is 0.893. The number of hydrogen-bond donors (Lipinski definition) is 1. The van der Waals surface area contributed by atoms with Crippen LogP contribution in [0.3, 0.4) is 0 Å². The first-order valence-corrected chi connectivity index (χ1v) is 6.06. The van der Waals surface area contributed by atoms with Crippen LogP contribution in [-0.4, -0.2) is 23.4 Å². The third kappa shape index (κ3) is 2.13. The minimum absolute atomic E-state index is 0.335. The molecule has 1 unspecified atom stereocenters. The van der Waals surface area contributed by atoms with Crippen molar-refractivity contribution in [2.75, 3.05) is 13.2 Å². The lowest BCUT2D eigenvalue weighted by Crippen LogP contribution is -2.37. The Labute approximate surface area is 109 Å². The minimum atomic E-state index is -0.730. The number of nitrogens with two attached hydrogens (primary N) is 1. The zero-order chi connectivity index (χ0) is 13.5. The number of aryl methyl sites for hydroxylation is 1. The van der Waals surface area contributed by atoms with E-state index in [9.17, 15) is 4.39 Å². The van der Waals surface area contributed by atoms with Crippen LogP contribution < -0.4 is 5.73 Å². The van der Waals surface area contributed by atoms with Crippen molar-refractivity contribution in [3.63, 3.8) is 0 Å². The third-order valence-corrected chi connectivity index (χ3v) is 3.34. The van der Waals surface area contributed by atoms with E-state index in [1.54, 1.807) is 6.07 Å². The van der Waals surface area contributed by atoms with E-state index in [4.69, 9.17) is 15.0 Å². The van der Waals surface area contributed by atoms with Crippen LogP contribution in [0.25, 0.3) is 11.4 Å². The van der Waals surface area contributed by atoms with Crippen molar-refractivity contribution >= 4 is 0 Å². The summed E-state index contributed by atoms with van der Waals surface area (Å²) in [6, 6.07) is 4.46. The molecule has 2 aromatic rings. The summed E-state index contributed by atoms with van der Waals surface area (Å²) >= 11 is 0. The first-order valence-electron chi connectivity index (χ1n) is 6.06. The Hall–Kier alpha value is -1.79. The van der Waals surface area contributed by atoms with Crippen molar-refractivity contribution in [2.24, 2.45) is 5.73 Å². The lowest BCUT2D eigenvalue weighted by atomic mass is 10.0. The summed E-state index contributed by atoms with van der Waals surface area (Å²) in [6.45, 7) is 2.80. The summed E-state index contributed by atoms with van der Waals surface area (Å²) in [7, 11) is 0. The SMILES string of the molecule is Cc1ccc(F)cc1-c1noc(C2(N)CCOC2)n1. The van der Waals surface area contributed by atoms with Gasteiger partial charge in [0.05, 0.1) is 6.61 Å². The summed E-state index contributed by atoms with van der Waals surface area (Å²) < 4.78 is 23.8. The molecule has 6 heteroatoms. The summed E-state index contributed by atoms with van der Waals surface area (Å²) in [6.07, 6.45) is 0.636. The molecular formula is C13H14FN3O2. The molecule has 0 radical (unpaired) electrons. The van der Waals surface area contributed by atoms with Gasteiger partial charge in [-0.25, -0.2) is 4.39 Å². The molecule has 1 fully saturated rings. The molecule has 3 rings (SSSR count). The fourth-order valence-electron chi connectivity index (χ4n) is 2.12. The van der Waals surface area contributed by atoms with E-state index in [0.717, 1.165) is 5.56 Å². The molecule has 0 spiro atoms. The molecule has 1 aromatic heterocycles. The van der Waals surface area contributed by atoms with E-state index in [1.807, 2.05) is 6.92 Å². The average Bonchev–Trinajstić information content (AvgIpc) is 3.02. The Balaban J connectivity index is 1.99. The highest BCUT2D eigenvalue weighted by molar-refractivity contribution is 5.59. The molecular weight excluding hydrogens is 249 g/mol. The molecule has 0 bridgehead atoms. The van der Waals surface area contributed by atoms with Crippen LogP contribution in [0.15, 0.2) is 22.7 Å². The monoisotopic (exact) mass is 263 g/mol. The summed E-state index contributed by atoms with van der Waals surface area (Å²) in [4.78, 5) is 4.29. The molecule has 19 heavy (non-hydrogen) atoms. The highest BCUT2D eigenvalue weighted by Crippen LogP contribution is 2.29. The van der Waals surface area contributed by atoms with E-state index < -0.39 is 5.54 Å². The van der Waals surface area contributed by atoms with Crippen LogP contribution in [0.4, 0.5) is 4.39 Å². The molecule has 2 N–H and O–H groups in total. The van der Waals surface area contributed by atoms with Gasteiger partial charge in [-0.3, -0.25) is 0 Å². The van der Waals surface area contributed by atoms with Crippen molar-refractivity contribution in [3.05, 3.63) is 35.5 Å². The topological polar surface area (TPSA) is 74.2 Å². The van der Waals surface area contributed by atoms with Gasteiger partial charge in [0.2, 0.25) is 11.7 Å². The van der Waals surface area contributed by atoms with Crippen LogP contribution in [0.1, 0.15) is 17.9 Å². The van der Waals surface area contributed by atoms with Crippen molar-refractivity contribution in [1.29, 1.82) is 0 Å². The number of halogens is 1. The maximum Gasteiger partial charge on any atom is 0.249 e. The van der Waals surface area contributed by atoms with Gasteiger partial charge in [-0.1, -0.05) is 11.2 Å². The highest BCUT2D eigenvalue weighted by Gasteiger charge is 2.38. The Bertz CT molecular complexity index is 606. The molecule has 1 aliphatic rings. The van der Waals surface area contributed by atoms with Crippen LogP contribution in [0.2, 0.25) is 0 Å². The van der Waals surface area contributed by atoms with Crippen molar-refractivity contribution in [2.45, 2.75) is 18.9 Å². The molecule has 0 aliphatic carbocycles. The lowest BCUT2D eigenvalue weighted by Gasteiger charge is -2.15. The fourth-order valence-corrected chi connectivity index (χ4v) is 2.12. The average molecular weight is 263 g/mol. The van der Waals surface area contributed by atoms with Crippen LogP contribution >= 0.6 is 0 Å². The summed E-state index contributed by atoms with van der Waals surface area (Å²) in [5.41, 5.74) is 6.90. The normalized spacial score (nSPS) is 22.9. The molecule has 0 amide bonds. The number of nitrogens with zero attached hydrogens (tertiary/aromatic N) is 2. The van der Waals surface area contributed by atoms with Crippen LogP contribution in [0.5, 0.6) is 0 Å². The molecule has 100 valence electrons. The van der Waals surface area contributed by atoms with Gasteiger partial charge in [-0.05, 0) is 31.0 Å². The van der Waals surface area contributed by atoms with E-state index in [1.165, 1.54) is 12.1 Å². The second-order valence-corrected chi connectivity index (χ2v) is 4.84. The number of rotatable bonds is 2. The smallest absolute Gasteiger partial charge is 0.249 e. The second-order valence-electron chi connectivity index (χ2n) is 4.84. The number of hydrogen-bond acceptors (Lipinski definition) is 5. The molecule has 5 nitrogen and oxygen atoms in total. The maximum absolute atomic E-state index is 13.3. The van der Waals surface area contributed by atoms with Gasteiger partial charge in [-0.15, -0.1) is 0 Å². The van der Waals surface area contributed by atoms with Gasteiger partial charge >= 0.3 is 0 Å². The van der Waals surface area contributed by atoms with E-state index >= 15 is 0 Å². The zero-order valence-electron chi connectivity index (χ0n) is 10.5. The number of aromatic nitrogens is 2. The van der Waals surface area contributed by atoms with Gasteiger partial charge < -0.3 is 15.0 Å². The predicted molar refractivity (Wildman–Crippen MR) is 65.7 cm³/mol. The molecule has 1 aliphatic heterocycles. The molecule has 1 atom stereocenters. The number of benzene rings is 1. The second kappa shape index (κ2) is 4.40. The van der Waals surface area contributed by atoms with E-state index in [-0.39, 0.29) is 5.82 Å². The van der Waals surface area contributed by atoms with E-state index in [2.05, 4.69) is 10.1 Å². The number of ether oxygens (including phenoxy) is 1. The fraction of sp³-hybridized carbons (Fsp3) is 0.385. The van der Waals surface area contributed by atoms with Gasteiger partial charge in [0, 0.05) is 12.2 Å². The molecule has 2 heterocycles. The summed E-state index contributed by atoms with van der Waals surface area (Å²) in [5, 5.41) is 3.89. The maximum atomic E-state index is 13.3. The van der Waals surface area contributed by atoms with Crippen molar-refractivity contribution < 1.29 is 13.7 Å². The molecule has 0 saturated carbocycles. The van der Waals surface area contributed by atoms with Crippen LogP contribution in [0, 0.1) is 12.7 Å². The minimum Gasteiger partial charge on any atom is -0.379 e. The largest absolute Gasteiger partial charge is 0.379 e. The Morgan fingerprint density at radius 2 is 2.26 bits per heavy atom. The Morgan fingerprint density at radius 1 is 1.42 bits per heavy atom. The first-order chi connectivity index (χ1) is 9.08. The lowest BCUT2D eigenvalue weighted by molar-refractivity contribution is 0.166. The molecule has 1 aromatic carbocycles. The Kier molecular flexibility index (Phi) is 2.83. The van der Waals surface area contributed by atoms with Crippen molar-refractivity contribution in [1.82, 2.24) is 10.1 Å². The predicted octanol–water partition coefficient (Wildman–Crippen LogP) is 1.76. The van der Waals surface area contributed by atoms with E-state index in [0.29, 0.717) is 36.9 Å². The van der Waals surface area contributed by atoms with Crippen LogP contribution in [-0.2, 0) is 10.3 Å². The first kappa shape index (κ1) is 12.3. The summed E-state index contributed by atoms with van der Waals surface area (Å²) in [5.74, 6) is 0.353. The van der Waals surface area contributed by atoms with Crippen molar-refractivity contribution in [3.8, 4) is 11.4 Å².